The number of hydrogen-bond acceptors (Lipinski definition) is 0. The van der Waals surface area contributed by atoms with Gasteiger partial charge in [-0.15, -0.1) is 0 Å². The Morgan fingerprint density at radius 3 is 2.24 bits per heavy atom. The van der Waals surface area contributed by atoms with Gasteiger partial charge in [-0.3, -0.25) is 0 Å². The van der Waals surface area contributed by atoms with Gasteiger partial charge in [0, 0.05) is 0 Å². The highest BCUT2D eigenvalue weighted by atomic mass is 14.8. The lowest BCUT2D eigenvalue weighted by Gasteiger charge is -2.52. The van der Waals surface area contributed by atoms with E-state index in [0.29, 0.717) is 27.1 Å². The molecule has 5 saturated carbocycles. The first kappa shape index (κ1) is 14.6. The average Bonchev–Trinajstić information content (AvgIpc) is 2.86. The highest BCUT2D eigenvalue weighted by Gasteiger charge is 2.79. The monoisotopic (exact) mass is 288 g/mol. The van der Waals surface area contributed by atoms with Gasteiger partial charge in [0.2, 0.25) is 0 Å². The van der Waals surface area contributed by atoms with Crippen molar-refractivity contribution in [3.63, 3.8) is 0 Å². The summed E-state index contributed by atoms with van der Waals surface area (Å²) in [6, 6.07) is 0. The van der Waals surface area contributed by atoms with Gasteiger partial charge in [0.25, 0.3) is 0 Å². The van der Waals surface area contributed by atoms with E-state index in [1.807, 2.05) is 0 Å². The Morgan fingerprint density at radius 1 is 0.810 bits per heavy atom. The Labute approximate surface area is 132 Å². The van der Waals surface area contributed by atoms with E-state index in [4.69, 9.17) is 0 Å². The lowest BCUT2D eigenvalue weighted by Crippen LogP contribution is -2.46. The smallest absolute Gasteiger partial charge is 0.0153 e. The van der Waals surface area contributed by atoms with E-state index in [-0.39, 0.29) is 0 Å². The summed E-state index contributed by atoms with van der Waals surface area (Å²) in [5, 5.41) is 0. The lowest BCUT2D eigenvalue weighted by molar-refractivity contribution is -0.0442. The van der Waals surface area contributed by atoms with Crippen LogP contribution in [0.25, 0.3) is 0 Å². The molecule has 21 heavy (non-hydrogen) atoms. The second kappa shape index (κ2) is 3.73. The largest absolute Gasteiger partial charge is 0.0625 e. The number of fused-ring (bicyclic) bond motifs is 3. The average molecular weight is 289 g/mol. The maximum absolute atomic E-state index is 2.73. The molecule has 1 spiro atoms. The summed E-state index contributed by atoms with van der Waals surface area (Å²) >= 11 is 0. The van der Waals surface area contributed by atoms with Gasteiger partial charge in [-0.25, -0.2) is 0 Å². The van der Waals surface area contributed by atoms with Crippen LogP contribution >= 0.6 is 0 Å². The zero-order valence-electron chi connectivity index (χ0n) is 15.3. The van der Waals surface area contributed by atoms with Gasteiger partial charge in [0.1, 0.15) is 0 Å². The molecule has 0 aromatic carbocycles. The van der Waals surface area contributed by atoms with Gasteiger partial charge in [0.15, 0.2) is 0 Å². The summed E-state index contributed by atoms with van der Waals surface area (Å²) in [6.45, 7) is 16.0. The van der Waals surface area contributed by atoms with E-state index in [9.17, 15) is 0 Å². The Bertz CT molecular complexity index is 480. The minimum Gasteiger partial charge on any atom is -0.0625 e. The second-order valence-electron chi connectivity index (χ2n) is 10.9. The summed E-state index contributed by atoms with van der Waals surface area (Å²) in [6.07, 6.45) is 12.0. The summed E-state index contributed by atoms with van der Waals surface area (Å²) in [5.41, 5.74) is 3.08. The highest BCUT2D eigenvalue weighted by Crippen LogP contribution is 2.87. The molecular formula is C21H36. The number of rotatable bonds is 0. The van der Waals surface area contributed by atoms with Crippen molar-refractivity contribution in [3.05, 3.63) is 0 Å². The molecule has 0 amide bonds. The first-order valence-corrected chi connectivity index (χ1v) is 9.63. The Balaban J connectivity index is 1.98. The molecule has 0 radical (unpaired) electrons. The first-order valence-electron chi connectivity index (χ1n) is 9.63. The molecule has 120 valence electrons. The second-order valence-corrected chi connectivity index (χ2v) is 10.9. The third-order valence-corrected chi connectivity index (χ3v) is 10.0. The molecule has 5 fully saturated rings. The van der Waals surface area contributed by atoms with E-state index in [0.717, 1.165) is 11.8 Å². The van der Waals surface area contributed by atoms with Crippen LogP contribution in [0.4, 0.5) is 0 Å². The van der Waals surface area contributed by atoms with Crippen LogP contribution in [0.5, 0.6) is 0 Å². The Hall–Kier alpha value is 0. The SMILES string of the molecule is CC1CCC2(C)CC3(C)CC(C)(C1)C(C)C31CCCC21C. The van der Waals surface area contributed by atoms with Crippen LogP contribution < -0.4 is 0 Å². The van der Waals surface area contributed by atoms with Crippen molar-refractivity contribution in [2.75, 3.05) is 0 Å². The molecule has 5 aliphatic rings. The zero-order chi connectivity index (χ0) is 15.3. The fourth-order valence-corrected chi connectivity index (χ4v) is 9.39. The number of hydrogen-bond donors (Lipinski definition) is 0. The van der Waals surface area contributed by atoms with Crippen molar-refractivity contribution < 1.29 is 0 Å². The van der Waals surface area contributed by atoms with Gasteiger partial charge in [0.05, 0.1) is 0 Å². The minimum atomic E-state index is 0.603. The van der Waals surface area contributed by atoms with Gasteiger partial charge in [-0.05, 0) is 77.4 Å². The summed E-state index contributed by atoms with van der Waals surface area (Å²) in [7, 11) is 0. The minimum absolute atomic E-state index is 0.603. The first-order chi connectivity index (χ1) is 9.63. The van der Waals surface area contributed by atoms with Crippen molar-refractivity contribution in [2.24, 2.45) is 38.9 Å². The third kappa shape index (κ3) is 1.32. The maximum atomic E-state index is 2.73. The normalized spacial score (nSPS) is 66.0. The molecule has 7 unspecified atom stereocenters. The van der Waals surface area contributed by atoms with Crippen molar-refractivity contribution in [1.82, 2.24) is 0 Å². The van der Waals surface area contributed by atoms with Crippen LogP contribution in [-0.2, 0) is 0 Å². The molecule has 4 bridgehead atoms. The maximum Gasteiger partial charge on any atom is -0.0153 e. The summed E-state index contributed by atoms with van der Waals surface area (Å²) in [4.78, 5) is 0. The van der Waals surface area contributed by atoms with Crippen LogP contribution in [0, 0.1) is 38.9 Å². The van der Waals surface area contributed by atoms with Crippen LogP contribution in [0.15, 0.2) is 0 Å². The summed E-state index contributed by atoms with van der Waals surface area (Å²) < 4.78 is 0. The molecule has 0 N–H and O–H groups in total. The molecule has 0 heteroatoms. The van der Waals surface area contributed by atoms with Crippen LogP contribution in [0.1, 0.15) is 92.9 Å². The molecule has 0 saturated heterocycles. The lowest BCUT2D eigenvalue weighted by atomic mass is 9.52. The fraction of sp³-hybridized carbons (Fsp3) is 1.00. The van der Waals surface area contributed by atoms with E-state index in [1.54, 1.807) is 0 Å². The Morgan fingerprint density at radius 2 is 1.52 bits per heavy atom. The molecule has 0 aromatic rings. The van der Waals surface area contributed by atoms with Gasteiger partial charge in [-0.2, -0.15) is 0 Å². The van der Waals surface area contributed by atoms with Gasteiger partial charge < -0.3 is 0 Å². The molecule has 0 heterocycles. The molecular weight excluding hydrogens is 252 g/mol. The molecule has 0 nitrogen and oxygen atoms in total. The predicted molar refractivity (Wildman–Crippen MR) is 90.1 cm³/mol. The predicted octanol–water partition coefficient (Wildman–Crippen LogP) is 6.45. The standard InChI is InChI=1S/C21H36/c1-15-8-11-18(4)14-19(5)13-17(3,12-15)16(2)21(19)10-7-9-20(18,21)6/h15-16H,7-14H2,1-6H3. The van der Waals surface area contributed by atoms with Gasteiger partial charge in [-0.1, -0.05) is 54.4 Å². The van der Waals surface area contributed by atoms with Crippen molar-refractivity contribution in [1.29, 1.82) is 0 Å². The fourth-order valence-electron chi connectivity index (χ4n) is 9.39. The van der Waals surface area contributed by atoms with Crippen molar-refractivity contribution >= 4 is 0 Å². The molecule has 7 atom stereocenters. The quantitative estimate of drug-likeness (QED) is 0.481. The topological polar surface area (TPSA) is 0 Å². The molecule has 0 aromatic heterocycles. The van der Waals surface area contributed by atoms with E-state index >= 15 is 0 Å². The molecule has 5 rings (SSSR count). The van der Waals surface area contributed by atoms with E-state index in [1.165, 1.54) is 51.4 Å². The van der Waals surface area contributed by atoms with Crippen LogP contribution in [-0.4, -0.2) is 0 Å². The zero-order valence-corrected chi connectivity index (χ0v) is 15.3. The highest BCUT2D eigenvalue weighted by molar-refractivity contribution is 5.28. The van der Waals surface area contributed by atoms with E-state index < -0.39 is 0 Å². The van der Waals surface area contributed by atoms with Crippen molar-refractivity contribution in [2.45, 2.75) is 92.9 Å². The third-order valence-electron chi connectivity index (χ3n) is 10.0. The van der Waals surface area contributed by atoms with Gasteiger partial charge >= 0.3 is 0 Å². The van der Waals surface area contributed by atoms with E-state index in [2.05, 4.69) is 41.5 Å². The molecule has 5 aliphatic carbocycles. The Kier molecular flexibility index (Phi) is 2.59. The summed E-state index contributed by atoms with van der Waals surface area (Å²) in [5.74, 6) is 1.85. The molecule has 0 aliphatic heterocycles. The van der Waals surface area contributed by atoms with Crippen LogP contribution in [0.3, 0.4) is 0 Å². The van der Waals surface area contributed by atoms with Crippen molar-refractivity contribution in [3.8, 4) is 0 Å². The van der Waals surface area contributed by atoms with Crippen LogP contribution in [0.2, 0.25) is 0 Å².